The summed E-state index contributed by atoms with van der Waals surface area (Å²) in [6, 6.07) is 7.48. The van der Waals surface area contributed by atoms with Gasteiger partial charge in [-0.15, -0.1) is 0 Å². The quantitative estimate of drug-likeness (QED) is 0.481. The summed E-state index contributed by atoms with van der Waals surface area (Å²) >= 11 is 0. The van der Waals surface area contributed by atoms with E-state index in [2.05, 4.69) is 0 Å². The fourth-order valence-corrected chi connectivity index (χ4v) is 2.25. The topological polar surface area (TPSA) is 110 Å². The van der Waals surface area contributed by atoms with Gasteiger partial charge in [-0.1, -0.05) is 30.3 Å². The van der Waals surface area contributed by atoms with E-state index >= 15 is 0 Å². The minimum atomic E-state index is -2.76. The standard InChI is InChI=1S/C13H17FO6/c14-11(7-4-2-1-3-5-7)13(19)12(18)10(17)9(16)8(6-15)20-13/h1-5,8-12,15-19H,6H2/t8-,9-,10+,11?,12-,13+/m1/s1. The molecule has 1 aromatic carbocycles. The Hall–Kier alpha value is -1.09. The van der Waals surface area contributed by atoms with Crippen molar-refractivity contribution in [3.63, 3.8) is 0 Å². The highest BCUT2D eigenvalue weighted by Crippen LogP contribution is 2.39. The summed E-state index contributed by atoms with van der Waals surface area (Å²) in [5.74, 6) is -2.76. The molecule has 0 radical (unpaired) electrons. The third-order valence-corrected chi connectivity index (χ3v) is 3.45. The van der Waals surface area contributed by atoms with Gasteiger partial charge in [-0.3, -0.25) is 0 Å². The number of halogens is 1. The molecule has 112 valence electrons. The van der Waals surface area contributed by atoms with E-state index in [1.807, 2.05) is 0 Å². The maximum absolute atomic E-state index is 14.5. The monoisotopic (exact) mass is 288 g/mol. The zero-order chi connectivity index (χ0) is 14.9. The van der Waals surface area contributed by atoms with Crippen molar-refractivity contribution < 1.29 is 34.7 Å². The van der Waals surface area contributed by atoms with Crippen LogP contribution in [0.2, 0.25) is 0 Å². The number of benzene rings is 1. The molecule has 0 bridgehead atoms. The van der Waals surface area contributed by atoms with E-state index in [1.165, 1.54) is 24.3 Å². The SMILES string of the molecule is OC[C@H]1O[C@@](O)(C(F)c2ccccc2)[C@H](O)[C@@H](O)[C@@H]1O. The lowest BCUT2D eigenvalue weighted by atomic mass is 9.87. The summed E-state index contributed by atoms with van der Waals surface area (Å²) in [7, 11) is 0. The van der Waals surface area contributed by atoms with Crippen LogP contribution in [0.3, 0.4) is 0 Å². The van der Waals surface area contributed by atoms with Crippen molar-refractivity contribution in [1.29, 1.82) is 0 Å². The molecular formula is C13H17FO6. The number of ether oxygens (including phenoxy) is 1. The molecular weight excluding hydrogens is 271 g/mol. The molecule has 0 saturated carbocycles. The largest absolute Gasteiger partial charge is 0.394 e. The van der Waals surface area contributed by atoms with Gasteiger partial charge in [0.25, 0.3) is 0 Å². The molecule has 2 rings (SSSR count). The maximum Gasteiger partial charge on any atom is 0.231 e. The van der Waals surface area contributed by atoms with Crippen LogP contribution < -0.4 is 0 Å². The number of hydrogen-bond donors (Lipinski definition) is 5. The molecule has 0 aliphatic carbocycles. The molecule has 20 heavy (non-hydrogen) atoms. The predicted molar refractivity (Wildman–Crippen MR) is 65.2 cm³/mol. The molecule has 1 aromatic rings. The number of alkyl halides is 1. The number of hydrogen-bond acceptors (Lipinski definition) is 6. The van der Waals surface area contributed by atoms with Crippen LogP contribution in [-0.4, -0.2) is 62.3 Å². The second-order valence-corrected chi connectivity index (χ2v) is 4.79. The van der Waals surface area contributed by atoms with E-state index in [4.69, 9.17) is 9.84 Å². The maximum atomic E-state index is 14.5. The summed E-state index contributed by atoms with van der Waals surface area (Å²) in [6.45, 7) is -0.741. The summed E-state index contributed by atoms with van der Waals surface area (Å²) in [5, 5.41) is 48.3. The molecule has 1 fully saturated rings. The van der Waals surface area contributed by atoms with Crippen LogP contribution >= 0.6 is 0 Å². The van der Waals surface area contributed by atoms with Crippen molar-refractivity contribution in [1.82, 2.24) is 0 Å². The van der Waals surface area contributed by atoms with E-state index < -0.39 is 43.0 Å². The number of aliphatic hydroxyl groups is 5. The first-order valence-corrected chi connectivity index (χ1v) is 6.16. The Balaban J connectivity index is 2.32. The molecule has 1 heterocycles. The Morgan fingerprint density at radius 1 is 1.15 bits per heavy atom. The lowest BCUT2D eigenvalue weighted by Crippen LogP contribution is -2.66. The van der Waals surface area contributed by atoms with Gasteiger partial charge in [0.1, 0.15) is 24.4 Å². The Bertz CT molecular complexity index is 442. The molecule has 0 amide bonds. The van der Waals surface area contributed by atoms with Crippen LogP contribution in [0.5, 0.6) is 0 Å². The molecule has 1 saturated heterocycles. The Labute approximate surface area is 114 Å². The first-order chi connectivity index (χ1) is 9.41. The molecule has 6 atom stereocenters. The van der Waals surface area contributed by atoms with Crippen molar-refractivity contribution in [2.45, 2.75) is 36.4 Å². The van der Waals surface area contributed by atoms with Gasteiger partial charge in [-0.2, -0.15) is 0 Å². The molecule has 7 heteroatoms. The predicted octanol–water partition coefficient (Wildman–Crippen LogP) is -1.14. The lowest BCUT2D eigenvalue weighted by Gasteiger charge is -2.46. The highest BCUT2D eigenvalue weighted by molar-refractivity contribution is 5.21. The highest BCUT2D eigenvalue weighted by Gasteiger charge is 2.57. The average Bonchev–Trinajstić information content (AvgIpc) is 2.49. The van der Waals surface area contributed by atoms with Crippen LogP contribution in [0, 0.1) is 0 Å². The zero-order valence-electron chi connectivity index (χ0n) is 10.5. The highest BCUT2D eigenvalue weighted by atomic mass is 19.1. The second-order valence-electron chi connectivity index (χ2n) is 4.79. The molecule has 0 aromatic heterocycles. The van der Waals surface area contributed by atoms with Gasteiger partial charge in [0.05, 0.1) is 6.61 Å². The van der Waals surface area contributed by atoms with Crippen LogP contribution in [0.4, 0.5) is 4.39 Å². The summed E-state index contributed by atoms with van der Waals surface area (Å²) in [5.41, 5.74) is 0.0364. The van der Waals surface area contributed by atoms with Gasteiger partial charge in [-0.05, 0) is 5.56 Å². The van der Waals surface area contributed by atoms with Gasteiger partial charge in [0.15, 0.2) is 6.17 Å². The molecule has 1 aliphatic heterocycles. The van der Waals surface area contributed by atoms with Gasteiger partial charge < -0.3 is 30.3 Å². The third-order valence-electron chi connectivity index (χ3n) is 3.45. The normalized spacial score (nSPS) is 39.5. The van der Waals surface area contributed by atoms with E-state index in [-0.39, 0.29) is 5.56 Å². The average molecular weight is 288 g/mol. The fraction of sp³-hybridized carbons (Fsp3) is 0.538. The first kappa shape index (κ1) is 15.3. The van der Waals surface area contributed by atoms with Crippen molar-refractivity contribution in [2.75, 3.05) is 6.61 Å². The van der Waals surface area contributed by atoms with E-state index in [0.717, 1.165) is 0 Å². The minimum Gasteiger partial charge on any atom is -0.394 e. The smallest absolute Gasteiger partial charge is 0.231 e. The summed E-state index contributed by atoms with van der Waals surface area (Å²) in [4.78, 5) is 0. The summed E-state index contributed by atoms with van der Waals surface area (Å²) < 4.78 is 19.4. The Kier molecular flexibility index (Phi) is 4.38. The van der Waals surface area contributed by atoms with Gasteiger partial charge in [-0.25, -0.2) is 4.39 Å². The van der Waals surface area contributed by atoms with E-state index in [9.17, 15) is 24.8 Å². The van der Waals surface area contributed by atoms with Crippen molar-refractivity contribution in [3.05, 3.63) is 35.9 Å². The first-order valence-electron chi connectivity index (χ1n) is 6.16. The summed E-state index contributed by atoms with van der Waals surface area (Å²) in [6.07, 6.45) is -9.09. The van der Waals surface area contributed by atoms with Crippen molar-refractivity contribution in [3.8, 4) is 0 Å². The molecule has 6 nitrogen and oxygen atoms in total. The number of aliphatic hydroxyl groups excluding tert-OH is 4. The molecule has 5 N–H and O–H groups in total. The minimum absolute atomic E-state index is 0.0364. The fourth-order valence-electron chi connectivity index (χ4n) is 2.25. The Morgan fingerprint density at radius 2 is 1.75 bits per heavy atom. The van der Waals surface area contributed by atoms with Crippen LogP contribution in [-0.2, 0) is 4.74 Å². The van der Waals surface area contributed by atoms with Crippen LogP contribution in [0.25, 0.3) is 0 Å². The van der Waals surface area contributed by atoms with Crippen molar-refractivity contribution in [2.24, 2.45) is 0 Å². The molecule has 0 spiro atoms. The van der Waals surface area contributed by atoms with E-state index in [0.29, 0.717) is 0 Å². The third kappa shape index (κ3) is 2.44. The number of rotatable bonds is 3. The van der Waals surface area contributed by atoms with Crippen LogP contribution in [0.15, 0.2) is 30.3 Å². The Morgan fingerprint density at radius 3 is 2.30 bits per heavy atom. The van der Waals surface area contributed by atoms with Crippen LogP contribution in [0.1, 0.15) is 11.7 Å². The lowest BCUT2D eigenvalue weighted by molar-refractivity contribution is -0.369. The second kappa shape index (κ2) is 5.72. The van der Waals surface area contributed by atoms with Gasteiger partial charge in [0, 0.05) is 0 Å². The molecule has 1 unspecified atom stereocenters. The van der Waals surface area contributed by atoms with Gasteiger partial charge >= 0.3 is 0 Å². The van der Waals surface area contributed by atoms with E-state index in [1.54, 1.807) is 6.07 Å². The zero-order valence-corrected chi connectivity index (χ0v) is 10.5. The molecule has 1 aliphatic rings. The van der Waals surface area contributed by atoms with Gasteiger partial charge in [0.2, 0.25) is 5.79 Å². The van der Waals surface area contributed by atoms with Crippen molar-refractivity contribution >= 4 is 0 Å².